The Morgan fingerprint density at radius 1 is 1.59 bits per heavy atom. The first kappa shape index (κ1) is 10.6. The largest absolute Gasteiger partial charge is 0.364 e. The molecule has 2 aromatic rings. The predicted octanol–water partition coefficient (Wildman–Crippen LogP) is 2.17. The quantitative estimate of drug-likeness (QED) is 0.861. The van der Waals surface area contributed by atoms with Gasteiger partial charge in [0.25, 0.3) is 0 Å². The fourth-order valence-electron chi connectivity index (χ4n) is 2.70. The molecule has 2 heterocycles. The minimum absolute atomic E-state index is 0.205. The molecule has 2 N–H and O–H groups in total. The molecule has 0 spiro atoms. The van der Waals surface area contributed by atoms with Crippen molar-refractivity contribution in [1.29, 1.82) is 0 Å². The third-order valence-corrected chi connectivity index (χ3v) is 3.59. The van der Waals surface area contributed by atoms with Crippen molar-refractivity contribution >= 4 is 0 Å². The molecule has 1 aliphatic rings. The number of rotatable bonds is 2. The molecular weight excluding hydrogens is 214 g/mol. The van der Waals surface area contributed by atoms with E-state index in [-0.39, 0.29) is 6.04 Å². The summed E-state index contributed by atoms with van der Waals surface area (Å²) < 4.78 is 7.19. The van der Waals surface area contributed by atoms with Gasteiger partial charge in [-0.2, -0.15) is 0 Å². The van der Waals surface area contributed by atoms with Gasteiger partial charge in [0, 0.05) is 23.5 Å². The van der Waals surface area contributed by atoms with E-state index in [1.807, 2.05) is 6.07 Å². The zero-order chi connectivity index (χ0) is 11.8. The van der Waals surface area contributed by atoms with Crippen LogP contribution >= 0.6 is 0 Å². The van der Waals surface area contributed by atoms with Gasteiger partial charge in [-0.15, -0.1) is 0 Å². The number of aryl methyl sites for hydroxylation is 1. The lowest BCUT2D eigenvalue weighted by Crippen LogP contribution is -2.18. The van der Waals surface area contributed by atoms with E-state index in [0.29, 0.717) is 0 Å². The summed E-state index contributed by atoms with van der Waals surface area (Å²) in [6.07, 6.45) is 5.01. The first-order valence-electron chi connectivity index (χ1n) is 6.09. The second-order valence-corrected chi connectivity index (χ2v) is 4.76. The van der Waals surface area contributed by atoms with Gasteiger partial charge < -0.3 is 14.8 Å². The lowest BCUT2D eigenvalue weighted by atomic mass is 9.93. The van der Waals surface area contributed by atoms with Crippen LogP contribution < -0.4 is 5.73 Å². The molecule has 17 heavy (non-hydrogen) atoms. The van der Waals surface area contributed by atoms with Crippen molar-refractivity contribution in [3.63, 3.8) is 0 Å². The van der Waals surface area contributed by atoms with Crippen molar-refractivity contribution in [3.8, 4) is 0 Å². The van der Waals surface area contributed by atoms with Crippen LogP contribution in [-0.4, -0.2) is 9.72 Å². The van der Waals surface area contributed by atoms with E-state index < -0.39 is 0 Å². The zero-order valence-corrected chi connectivity index (χ0v) is 10.0. The summed E-state index contributed by atoms with van der Waals surface area (Å²) in [6.45, 7) is 2.91. The molecule has 0 amide bonds. The maximum atomic E-state index is 6.15. The number of hydrogen-bond donors (Lipinski definition) is 1. The number of nitrogens with zero attached hydrogens (tertiary/aromatic N) is 2. The normalized spacial score (nSPS) is 19.3. The van der Waals surface area contributed by atoms with Crippen LogP contribution in [0.25, 0.3) is 0 Å². The van der Waals surface area contributed by atoms with E-state index in [9.17, 15) is 0 Å². The Labute approximate surface area is 100 Å². The van der Waals surface area contributed by atoms with Crippen LogP contribution in [0.2, 0.25) is 0 Å². The molecule has 1 unspecified atom stereocenters. The van der Waals surface area contributed by atoms with Gasteiger partial charge in [0.1, 0.15) is 12.0 Å². The van der Waals surface area contributed by atoms with Gasteiger partial charge in [0.05, 0.1) is 6.54 Å². The number of nitrogens with two attached hydrogens (primary N) is 1. The maximum Gasteiger partial charge on any atom is 0.124 e. The van der Waals surface area contributed by atoms with Gasteiger partial charge >= 0.3 is 0 Å². The van der Waals surface area contributed by atoms with E-state index in [1.54, 1.807) is 6.26 Å². The molecule has 4 heteroatoms. The lowest BCUT2D eigenvalue weighted by molar-refractivity contribution is 0.408. The highest BCUT2D eigenvalue weighted by Gasteiger charge is 2.22. The molecule has 0 bridgehead atoms. The van der Waals surface area contributed by atoms with Gasteiger partial charge in [-0.05, 0) is 37.8 Å². The van der Waals surface area contributed by atoms with Crippen LogP contribution in [0.3, 0.4) is 0 Å². The van der Waals surface area contributed by atoms with Crippen molar-refractivity contribution in [2.45, 2.75) is 38.8 Å². The van der Waals surface area contributed by atoms with Gasteiger partial charge in [0.15, 0.2) is 0 Å². The molecule has 2 aromatic heterocycles. The topological polar surface area (TPSA) is 57.0 Å². The van der Waals surface area contributed by atoms with E-state index in [1.165, 1.54) is 23.4 Å². The van der Waals surface area contributed by atoms with Gasteiger partial charge in [0.2, 0.25) is 0 Å². The molecule has 1 aliphatic carbocycles. The average Bonchev–Trinajstić information content (AvgIpc) is 2.91. The number of hydrogen-bond acceptors (Lipinski definition) is 3. The summed E-state index contributed by atoms with van der Waals surface area (Å²) >= 11 is 0. The van der Waals surface area contributed by atoms with Gasteiger partial charge in [-0.25, -0.2) is 0 Å². The third-order valence-electron chi connectivity index (χ3n) is 3.59. The smallest absolute Gasteiger partial charge is 0.124 e. The molecule has 4 nitrogen and oxygen atoms in total. The van der Waals surface area contributed by atoms with Gasteiger partial charge in [-0.3, -0.25) is 0 Å². The van der Waals surface area contributed by atoms with E-state index in [4.69, 9.17) is 10.3 Å². The van der Waals surface area contributed by atoms with Crippen LogP contribution in [-0.2, 0) is 13.0 Å². The molecule has 0 aromatic carbocycles. The molecular formula is C13H17N3O. The Hall–Kier alpha value is -1.55. The van der Waals surface area contributed by atoms with Gasteiger partial charge in [-0.1, -0.05) is 5.16 Å². The Morgan fingerprint density at radius 2 is 2.47 bits per heavy atom. The Kier molecular flexibility index (Phi) is 2.52. The molecule has 1 atom stereocenters. The SMILES string of the molecule is Cc1cc2c(n1Cc1ccon1)CCCC2N. The van der Waals surface area contributed by atoms with Crippen molar-refractivity contribution in [2.24, 2.45) is 5.73 Å². The van der Waals surface area contributed by atoms with Crippen LogP contribution in [0, 0.1) is 6.92 Å². The molecule has 0 aliphatic heterocycles. The highest BCUT2D eigenvalue weighted by Crippen LogP contribution is 2.31. The Bertz CT molecular complexity index is 513. The molecule has 0 saturated heterocycles. The zero-order valence-electron chi connectivity index (χ0n) is 10.0. The predicted molar refractivity (Wildman–Crippen MR) is 64.6 cm³/mol. The van der Waals surface area contributed by atoms with E-state index in [0.717, 1.165) is 25.1 Å². The van der Waals surface area contributed by atoms with Crippen LogP contribution in [0.5, 0.6) is 0 Å². The fourth-order valence-corrected chi connectivity index (χ4v) is 2.70. The van der Waals surface area contributed by atoms with Crippen molar-refractivity contribution in [2.75, 3.05) is 0 Å². The van der Waals surface area contributed by atoms with Crippen molar-refractivity contribution in [3.05, 3.63) is 41.0 Å². The van der Waals surface area contributed by atoms with E-state index >= 15 is 0 Å². The minimum atomic E-state index is 0.205. The van der Waals surface area contributed by atoms with E-state index in [2.05, 4.69) is 22.7 Å². The number of fused-ring (bicyclic) bond motifs is 1. The monoisotopic (exact) mass is 231 g/mol. The summed E-state index contributed by atoms with van der Waals surface area (Å²) in [5.74, 6) is 0. The summed E-state index contributed by atoms with van der Waals surface area (Å²) in [5, 5.41) is 3.97. The molecule has 0 radical (unpaired) electrons. The molecule has 90 valence electrons. The van der Waals surface area contributed by atoms with Crippen LogP contribution in [0.15, 0.2) is 22.9 Å². The lowest BCUT2D eigenvalue weighted by Gasteiger charge is -2.20. The standard InChI is InChI=1S/C13H17N3O/c1-9-7-11-12(14)3-2-4-13(11)16(9)8-10-5-6-17-15-10/h5-7,12H,2-4,8,14H2,1H3. The average molecular weight is 231 g/mol. The number of aromatic nitrogens is 2. The van der Waals surface area contributed by atoms with Crippen LogP contribution in [0.1, 0.15) is 41.5 Å². The maximum absolute atomic E-state index is 6.15. The summed E-state index contributed by atoms with van der Waals surface area (Å²) in [6, 6.07) is 4.34. The third kappa shape index (κ3) is 1.78. The highest BCUT2D eigenvalue weighted by atomic mass is 16.5. The molecule has 3 rings (SSSR count). The minimum Gasteiger partial charge on any atom is -0.364 e. The Morgan fingerprint density at radius 3 is 3.24 bits per heavy atom. The fraction of sp³-hybridized carbons (Fsp3) is 0.462. The first-order valence-corrected chi connectivity index (χ1v) is 6.09. The van der Waals surface area contributed by atoms with Crippen LogP contribution in [0.4, 0.5) is 0 Å². The molecule has 0 fully saturated rings. The first-order chi connectivity index (χ1) is 8.25. The second kappa shape index (κ2) is 4.04. The second-order valence-electron chi connectivity index (χ2n) is 4.76. The van der Waals surface area contributed by atoms with Crippen molar-refractivity contribution in [1.82, 2.24) is 9.72 Å². The molecule has 0 saturated carbocycles. The van der Waals surface area contributed by atoms with Crippen molar-refractivity contribution < 1.29 is 4.52 Å². The summed E-state index contributed by atoms with van der Waals surface area (Å²) in [7, 11) is 0. The summed E-state index contributed by atoms with van der Waals surface area (Å²) in [4.78, 5) is 0. The Balaban J connectivity index is 1.99. The summed E-state index contributed by atoms with van der Waals surface area (Å²) in [5.41, 5.74) is 11.1. The highest BCUT2D eigenvalue weighted by molar-refractivity contribution is 5.33.